The van der Waals surface area contributed by atoms with E-state index in [1.165, 1.54) is 0 Å². The van der Waals surface area contributed by atoms with E-state index in [9.17, 15) is 9.59 Å². The number of ether oxygens (including phenoxy) is 2. The monoisotopic (exact) mass is 359 g/mol. The van der Waals surface area contributed by atoms with Gasteiger partial charge in [0.25, 0.3) is 5.91 Å². The molecule has 26 heavy (non-hydrogen) atoms. The van der Waals surface area contributed by atoms with E-state index in [-0.39, 0.29) is 18.5 Å². The molecule has 7 heteroatoms. The Morgan fingerprint density at radius 1 is 1.00 bits per heavy atom. The van der Waals surface area contributed by atoms with Crippen molar-refractivity contribution in [3.63, 3.8) is 0 Å². The van der Waals surface area contributed by atoms with Gasteiger partial charge in [-0.05, 0) is 25.0 Å². The summed E-state index contributed by atoms with van der Waals surface area (Å²) >= 11 is 0. The largest absolute Gasteiger partial charge is 0.376 e. The third-order valence-corrected chi connectivity index (χ3v) is 5.31. The van der Waals surface area contributed by atoms with Crippen molar-refractivity contribution < 1.29 is 19.1 Å². The van der Waals surface area contributed by atoms with Gasteiger partial charge < -0.3 is 24.2 Å². The van der Waals surface area contributed by atoms with Gasteiger partial charge in [-0.25, -0.2) is 4.79 Å². The summed E-state index contributed by atoms with van der Waals surface area (Å²) in [5.41, 5.74) is 0.164. The van der Waals surface area contributed by atoms with Gasteiger partial charge in [-0.2, -0.15) is 0 Å². The molecule has 1 aromatic carbocycles. The van der Waals surface area contributed by atoms with Crippen LogP contribution in [-0.4, -0.2) is 79.9 Å². The van der Waals surface area contributed by atoms with E-state index >= 15 is 0 Å². The number of morpholine rings is 1. The van der Waals surface area contributed by atoms with E-state index in [1.54, 1.807) is 4.90 Å². The summed E-state index contributed by atoms with van der Waals surface area (Å²) in [7, 11) is 0. The normalized spacial score (nSPS) is 27.1. The number of para-hydroxylation sites is 1. The smallest absolute Gasteiger partial charge is 0.320 e. The second-order valence-corrected chi connectivity index (χ2v) is 7.24. The Labute approximate surface area is 153 Å². The van der Waals surface area contributed by atoms with Crippen molar-refractivity contribution in [3.8, 4) is 0 Å². The number of hydrogen-bond acceptors (Lipinski definition) is 4. The standard InChI is InChI=1S/C19H25N3O4/c23-17-12-26-19(14-22(17)16-6-2-1-3-7-16)13-21(10-11-25-15-19)18(24)20-8-4-5-9-20/h1-3,6-7H,4-5,8-15H2/t19-/m1/s1. The zero-order valence-corrected chi connectivity index (χ0v) is 14.9. The van der Waals surface area contributed by atoms with Crippen molar-refractivity contribution >= 4 is 17.6 Å². The quantitative estimate of drug-likeness (QED) is 0.759. The minimum Gasteiger partial charge on any atom is -0.376 e. The van der Waals surface area contributed by atoms with E-state index in [2.05, 4.69) is 0 Å². The van der Waals surface area contributed by atoms with Crippen molar-refractivity contribution in [2.24, 2.45) is 0 Å². The lowest BCUT2D eigenvalue weighted by Crippen LogP contribution is -2.62. The Hall–Kier alpha value is -2.12. The molecule has 0 saturated carbocycles. The number of carbonyl (C=O) groups excluding carboxylic acids is 2. The zero-order valence-electron chi connectivity index (χ0n) is 14.9. The van der Waals surface area contributed by atoms with Crippen molar-refractivity contribution in [1.82, 2.24) is 9.80 Å². The number of likely N-dealkylation sites (tertiary alicyclic amines) is 1. The van der Waals surface area contributed by atoms with Crippen LogP contribution in [0, 0.1) is 0 Å². The highest BCUT2D eigenvalue weighted by Crippen LogP contribution is 2.27. The van der Waals surface area contributed by atoms with Gasteiger partial charge >= 0.3 is 6.03 Å². The molecule has 3 heterocycles. The van der Waals surface area contributed by atoms with Crippen LogP contribution < -0.4 is 4.90 Å². The highest BCUT2D eigenvalue weighted by molar-refractivity contribution is 5.95. The molecule has 0 bridgehead atoms. The number of anilines is 1. The molecule has 0 radical (unpaired) electrons. The molecular formula is C19H25N3O4. The third-order valence-electron chi connectivity index (χ3n) is 5.31. The van der Waals surface area contributed by atoms with E-state index in [1.807, 2.05) is 40.1 Å². The molecule has 0 aliphatic carbocycles. The summed E-state index contributed by atoms with van der Waals surface area (Å²) in [5.74, 6) is -0.0662. The number of benzene rings is 1. The van der Waals surface area contributed by atoms with Crippen molar-refractivity contribution in [2.75, 3.05) is 57.4 Å². The molecule has 4 rings (SSSR count). The van der Waals surface area contributed by atoms with Crippen LogP contribution in [0.25, 0.3) is 0 Å². The van der Waals surface area contributed by atoms with Crippen LogP contribution in [0.1, 0.15) is 12.8 Å². The number of nitrogens with zero attached hydrogens (tertiary/aromatic N) is 3. The molecular weight excluding hydrogens is 334 g/mol. The maximum absolute atomic E-state index is 12.9. The fraction of sp³-hybridized carbons (Fsp3) is 0.579. The lowest BCUT2D eigenvalue weighted by molar-refractivity contribution is -0.145. The number of rotatable bonds is 1. The van der Waals surface area contributed by atoms with Gasteiger partial charge in [-0.3, -0.25) is 4.79 Å². The maximum Gasteiger partial charge on any atom is 0.320 e. The molecule has 1 aromatic rings. The molecule has 3 saturated heterocycles. The average Bonchev–Trinajstić information content (AvgIpc) is 3.13. The number of carbonyl (C=O) groups is 2. The van der Waals surface area contributed by atoms with Crippen LogP contribution in [0.5, 0.6) is 0 Å². The van der Waals surface area contributed by atoms with Gasteiger partial charge in [0.2, 0.25) is 0 Å². The number of hydrogen-bond donors (Lipinski definition) is 0. The minimum absolute atomic E-state index is 0.00397. The third kappa shape index (κ3) is 3.41. The van der Waals surface area contributed by atoms with Crippen molar-refractivity contribution in [2.45, 2.75) is 18.4 Å². The Morgan fingerprint density at radius 3 is 2.54 bits per heavy atom. The number of amides is 3. The van der Waals surface area contributed by atoms with Gasteiger partial charge in [-0.15, -0.1) is 0 Å². The van der Waals surface area contributed by atoms with Crippen LogP contribution in [0.3, 0.4) is 0 Å². The lowest BCUT2D eigenvalue weighted by atomic mass is 10.0. The first-order valence-corrected chi connectivity index (χ1v) is 9.28. The van der Waals surface area contributed by atoms with Crippen LogP contribution in [0.2, 0.25) is 0 Å². The summed E-state index contributed by atoms with van der Waals surface area (Å²) in [6.07, 6.45) is 2.13. The molecule has 0 N–H and O–H groups in total. The van der Waals surface area contributed by atoms with Crippen LogP contribution in [0.4, 0.5) is 10.5 Å². The summed E-state index contributed by atoms with van der Waals surface area (Å²) in [6, 6.07) is 9.65. The molecule has 0 aromatic heterocycles. The highest BCUT2D eigenvalue weighted by atomic mass is 16.6. The SMILES string of the molecule is O=C(N1CCCC1)N1CCOC[C@@]2(C1)CN(c1ccccc1)C(=O)CO2. The second-order valence-electron chi connectivity index (χ2n) is 7.24. The second kappa shape index (κ2) is 7.25. The molecule has 3 fully saturated rings. The molecule has 140 valence electrons. The summed E-state index contributed by atoms with van der Waals surface area (Å²) < 4.78 is 11.7. The predicted molar refractivity (Wildman–Crippen MR) is 96.1 cm³/mol. The van der Waals surface area contributed by atoms with Gasteiger partial charge in [0.15, 0.2) is 0 Å². The molecule has 3 amide bonds. The first kappa shape index (κ1) is 17.3. The fourth-order valence-corrected chi connectivity index (χ4v) is 3.92. The highest BCUT2D eigenvalue weighted by Gasteiger charge is 2.44. The topological polar surface area (TPSA) is 62.3 Å². The molecule has 1 spiro atoms. The Morgan fingerprint density at radius 2 is 1.77 bits per heavy atom. The van der Waals surface area contributed by atoms with Crippen LogP contribution in [-0.2, 0) is 14.3 Å². The Kier molecular flexibility index (Phi) is 4.82. The fourth-order valence-electron chi connectivity index (χ4n) is 3.92. The van der Waals surface area contributed by atoms with Gasteiger partial charge in [-0.1, -0.05) is 18.2 Å². The molecule has 3 aliphatic rings. The maximum atomic E-state index is 12.9. The van der Waals surface area contributed by atoms with E-state index < -0.39 is 5.60 Å². The lowest BCUT2D eigenvalue weighted by Gasteiger charge is -2.43. The first-order chi connectivity index (χ1) is 12.7. The number of urea groups is 1. The van der Waals surface area contributed by atoms with Gasteiger partial charge in [0.1, 0.15) is 12.2 Å². The summed E-state index contributed by atoms with van der Waals surface area (Å²) in [4.78, 5) is 30.7. The van der Waals surface area contributed by atoms with E-state index in [0.717, 1.165) is 31.6 Å². The summed E-state index contributed by atoms with van der Waals surface area (Å²) in [6.45, 7) is 3.90. The van der Waals surface area contributed by atoms with E-state index in [0.29, 0.717) is 32.8 Å². The van der Waals surface area contributed by atoms with Gasteiger partial charge in [0.05, 0.1) is 26.3 Å². The average molecular weight is 359 g/mol. The van der Waals surface area contributed by atoms with Crippen LogP contribution in [0.15, 0.2) is 30.3 Å². The van der Waals surface area contributed by atoms with Crippen LogP contribution >= 0.6 is 0 Å². The van der Waals surface area contributed by atoms with Gasteiger partial charge in [0, 0.05) is 25.3 Å². The van der Waals surface area contributed by atoms with Crippen molar-refractivity contribution in [3.05, 3.63) is 30.3 Å². The van der Waals surface area contributed by atoms with E-state index in [4.69, 9.17) is 9.47 Å². The zero-order chi connectivity index (χ0) is 18.0. The Bertz CT molecular complexity index is 662. The molecule has 0 unspecified atom stereocenters. The first-order valence-electron chi connectivity index (χ1n) is 9.28. The minimum atomic E-state index is -0.685. The molecule has 3 aliphatic heterocycles. The molecule has 1 atom stereocenters. The summed E-state index contributed by atoms with van der Waals surface area (Å²) in [5, 5.41) is 0. The Balaban J connectivity index is 1.53. The molecule has 7 nitrogen and oxygen atoms in total. The van der Waals surface area contributed by atoms with Crippen molar-refractivity contribution in [1.29, 1.82) is 0 Å². The predicted octanol–water partition coefficient (Wildman–Crippen LogP) is 1.34.